The Morgan fingerprint density at radius 2 is 1.57 bits per heavy atom. The first-order valence-electron chi connectivity index (χ1n) is 14.7. The number of fused-ring (bicyclic) bond motifs is 1. The van der Waals surface area contributed by atoms with E-state index in [2.05, 4.69) is 10.2 Å². The van der Waals surface area contributed by atoms with Crippen LogP contribution in [-0.2, 0) is 4.79 Å². The molecule has 1 fully saturated rings. The van der Waals surface area contributed by atoms with E-state index in [1.54, 1.807) is 29.2 Å². The van der Waals surface area contributed by atoms with Gasteiger partial charge in [0, 0.05) is 56.2 Å². The molecule has 0 bridgehead atoms. The van der Waals surface area contributed by atoms with Gasteiger partial charge < -0.3 is 29.5 Å². The number of hydrogen-bond acceptors (Lipinski definition) is 6. The molecule has 9 nitrogen and oxygen atoms in total. The topological polar surface area (TPSA) is 91.4 Å². The van der Waals surface area contributed by atoms with Gasteiger partial charge in [0.2, 0.25) is 12.7 Å². The molecule has 0 unspecified atom stereocenters. The maximum Gasteiger partial charge on any atom is 0.256 e. The number of piperazine rings is 1. The number of ether oxygens (including phenoxy) is 2. The number of anilines is 2. The molecule has 5 rings (SSSR count). The first-order chi connectivity index (χ1) is 20.4. The minimum Gasteiger partial charge on any atom is -0.454 e. The van der Waals surface area contributed by atoms with Gasteiger partial charge in [0.15, 0.2) is 11.5 Å². The molecule has 2 aliphatic heterocycles. The molecular weight excluding hydrogens is 532 g/mol. The standard InChI is InChI=1S/C33H38N4O5/c1-4-26(23-10-8-7-9-11-23)32(39)37-18-16-36(17-19-37)28-14-13-25(21-27(28)33(40)35(5-2)6-3)34-31(38)24-12-15-29-30(20-24)42-22-41-29/h7-15,20-21,26H,4-6,16-19,22H2,1-3H3,(H,34,38)/t26-/m0/s1. The SMILES string of the molecule is CC[C@H](C(=O)N1CCN(c2ccc(NC(=O)c3ccc4c(c3)OCO4)cc2C(=O)N(CC)CC)CC1)c1ccccc1. The van der Waals surface area contributed by atoms with Gasteiger partial charge >= 0.3 is 0 Å². The molecule has 2 heterocycles. The van der Waals surface area contributed by atoms with Crippen LogP contribution in [0.1, 0.15) is 59.4 Å². The quantitative estimate of drug-likeness (QED) is 0.390. The third-order valence-corrected chi connectivity index (χ3v) is 8.01. The summed E-state index contributed by atoms with van der Waals surface area (Å²) in [7, 11) is 0. The van der Waals surface area contributed by atoms with Crippen molar-refractivity contribution >= 4 is 29.1 Å². The molecule has 9 heteroatoms. The second-order valence-corrected chi connectivity index (χ2v) is 10.4. The van der Waals surface area contributed by atoms with E-state index < -0.39 is 0 Å². The Bertz CT molecular complexity index is 1430. The van der Waals surface area contributed by atoms with Crippen LogP contribution >= 0.6 is 0 Å². The van der Waals surface area contributed by atoms with Crippen molar-refractivity contribution in [3.05, 3.63) is 83.4 Å². The molecule has 0 spiro atoms. The van der Waals surface area contributed by atoms with Crippen LogP contribution in [0.2, 0.25) is 0 Å². The fourth-order valence-corrected chi connectivity index (χ4v) is 5.61. The van der Waals surface area contributed by atoms with Crippen LogP contribution in [0.4, 0.5) is 11.4 Å². The minimum atomic E-state index is -0.307. The zero-order chi connectivity index (χ0) is 29.6. The molecule has 0 aliphatic carbocycles. The van der Waals surface area contributed by atoms with Crippen molar-refractivity contribution in [1.82, 2.24) is 9.80 Å². The molecule has 2 aliphatic rings. The van der Waals surface area contributed by atoms with E-state index in [1.165, 1.54) is 0 Å². The molecule has 1 saturated heterocycles. The molecule has 0 aromatic heterocycles. The van der Waals surface area contributed by atoms with Crippen LogP contribution in [0.15, 0.2) is 66.7 Å². The zero-order valence-electron chi connectivity index (χ0n) is 24.5. The molecule has 0 radical (unpaired) electrons. The number of amides is 3. The van der Waals surface area contributed by atoms with Crippen molar-refractivity contribution in [2.75, 3.05) is 56.3 Å². The molecule has 3 aromatic rings. The average Bonchev–Trinajstić information content (AvgIpc) is 3.51. The van der Waals surface area contributed by atoms with E-state index in [1.807, 2.05) is 68.1 Å². The van der Waals surface area contributed by atoms with Crippen LogP contribution in [0.5, 0.6) is 11.5 Å². The minimum absolute atomic E-state index is 0.0946. The Morgan fingerprint density at radius 3 is 2.26 bits per heavy atom. The molecule has 1 atom stereocenters. The highest BCUT2D eigenvalue weighted by atomic mass is 16.7. The number of carbonyl (C=O) groups excluding carboxylic acids is 3. The zero-order valence-corrected chi connectivity index (χ0v) is 24.5. The van der Waals surface area contributed by atoms with Gasteiger partial charge in [-0.1, -0.05) is 37.3 Å². The third kappa shape index (κ3) is 6.05. The van der Waals surface area contributed by atoms with Crippen molar-refractivity contribution in [2.24, 2.45) is 0 Å². The van der Waals surface area contributed by atoms with Crippen LogP contribution in [-0.4, -0.2) is 73.6 Å². The molecular formula is C33H38N4O5. The Morgan fingerprint density at radius 1 is 0.857 bits per heavy atom. The highest BCUT2D eigenvalue weighted by Gasteiger charge is 2.29. The van der Waals surface area contributed by atoms with E-state index in [0.717, 1.165) is 17.7 Å². The molecule has 3 aromatic carbocycles. The van der Waals surface area contributed by atoms with Crippen LogP contribution in [0, 0.1) is 0 Å². The van der Waals surface area contributed by atoms with E-state index in [-0.39, 0.29) is 30.4 Å². The lowest BCUT2D eigenvalue weighted by Gasteiger charge is -2.38. The maximum absolute atomic E-state index is 13.7. The van der Waals surface area contributed by atoms with Crippen molar-refractivity contribution in [3.63, 3.8) is 0 Å². The van der Waals surface area contributed by atoms with E-state index in [9.17, 15) is 14.4 Å². The molecule has 220 valence electrons. The lowest BCUT2D eigenvalue weighted by atomic mass is 9.94. The lowest BCUT2D eigenvalue weighted by Crippen LogP contribution is -2.50. The third-order valence-electron chi connectivity index (χ3n) is 8.01. The van der Waals surface area contributed by atoms with Gasteiger partial charge in [-0.05, 0) is 62.2 Å². The predicted molar refractivity (Wildman–Crippen MR) is 162 cm³/mol. The van der Waals surface area contributed by atoms with Gasteiger partial charge in [-0.15, -0.1) is 0 Å². The second kappa shape index (κ2) is 13.0. The summed E-state index contributed by atoms with van der Waals surface area (Å²) in [6.07, 6.45) is 0.741. The van der Waals surface area contributed by atoms with Gasteiger partial charge in [0.25, 0.3) is 11.8 Å². The smallest absolute Gasteiger partial charge is 0.256 e. The van der Waals surface area contributed by atoms with Gasteiger partial charge in [-0.3, -0.25) is 14.4 Å². The highest BCUT2D eigenvalue weighted by molar-refractivity contribution is 6.06. The number of rotatable bonds is 9. The molecule has 1 N–H and O–H groups in total. The van der Waals surface area contributed by atoms with E-state index in [0.29, 0.717) is 67.6 Å². The summed E-state index contributed by atoms with van der Waals surface area (Å²) >= 11 is 0. The average molecular weight is 571 g/mol. The summed E-state index contributed by atoms with van der Waals surface area (Å²) in [4.78, 5) is 46.0. The Kier molecular flexibility index (Phi) is 8.95. The normalized spacial score (nSPS) is 14.8. The monoisotopic (exact) mass is 570 g/mol. The van der Waals surface area contributed by atoms with Crippen molar-refractivity contribution in [2.45, 2.75) is 33.1 Å². The number of benzene rings is 3. The molecule has 3 amide bonds. The fourth-order valence-electron chi connectivity index (χ4n) is 5.61. The number of carbonyl (C=O) groups is 3. The number of hydrogen-bond donors (Lipinski definition) is 1. The second-order valence-electron chi connectivity index (χ2n) is 10.4. The summed E-state index contributed by atoms with van der Waals surface area (Å²) in [5.41, 5.74) is 3.33. The largest absolute Gasteiger partial charge is 0.454 e. The summed E-state index contributed by atoms with van der Waals surface area (Å²) in [6, 6.07) is 20.4. The van der Waals surface area contributed by atoms with Gasteiger partial charge in [-0.25, -0.2) is 0 Å². The number of nitrogens with one attached hydrogen (secondary N) is 1. The first kappa shape index (κ1) is 29.0. The number of nitrogens with zero attached hydrogens (tertiary/aromatic N) is 3. The van der Waals surface area contributed by atoms with Gasteiger partial charge in [-0.2, -0.15) is 0 Å². The van der Waals surface area contributed by atoms with E-state index in [4.69, 9.17) is 9.47 Å². The summed E-state index contributed by atoms with van der Waals surface area (Å²) in [5.74, 6) is 0.716. The Labute approximate surface area is 247 Å². The highest BCUT2D eigenvalue weighted by Crippen LogP contribution is 2.33. The van der Waals surface area contributed by atoms with Crippen LogP contribution in [0.25, 0.3) is 0 Å². The lowest BCUT2D eigenvalue weighted by molar-refractivity contribution is -0.133. The van der Waals surface area contributed by atoms with Crippen molar-refractivity contribution < 1.29 is 23.9 Å². The Hall–Kier alpha value is -4.53. The fraction of sp³-hybridized carbons (Fsp3) is 0.364. The molecule has 42 heavy (non-hydrogen) atoms. The Balaban J connectivity index is 1.33. The first-order valence-corrected chi connectivity index (χ1v) is 14.7. The van der Waals surface area contributed by atoms with Gasteiger partial charge in [0.05, 0.1) is 11.5 Å². The summed E-state index contributed by atoms with van der Waals surface area (Å²) < 4.78 is 10.7. The van der Waals surface area contributed by atoms with Crippen LogP contribution in [0.3, 0.4) is 0 Å². The predicted octanol–water partition coefficient (Wildman–Crippen LogP) is 4.99. The van der Waals surface area contributed by atoms with Gasteiger partial charge in [0.1, 0.15) is 0 Å². The summed E-state index contributed by atoms with van der Waals surface area (Å²) in [6.45, 7) is 9.59. The molecule has 0 saturated carbocycles. The maximum atomic E-state index is 13.7. The van der Waals surface area contributed by atoms with Crippen LogP contribution < -0.4 is 19.7 Å². The summed E-state index contributed by atoms with van der Waals surface area (Å²) in [5, 5.41) is 2.93. The van der Waals surface area contributed by atoms with Crippen molar-refractivity contribution in [1.29, 1.82) is 0 Å². The van der Waals surface area contributed by atoms with E-state index >= 15 is 0 Å². The van der Waals surface area contributed by atoms with Crippen molar-refractivity contribution in [3.8, 4) is 11.5 Å².